The number of fused-ring (bicyclic) bond motifs is 2. The summed E-state index contributed by atoms with van der Waals surface area (Å²) in [5.74, 6) is -1.28. The number of halogens is 2. The molecular formula is C28H20BrClN2O4S2. The van der Waals surface area contributed by atoms with Gasteiger partial charge in [-0.25, -0.2) is 4.90 Å². The van der Waals surface area contributed by atoms with E-state index in [0.717, 1.165) is 37.4 Å². The molecule has 0 aliphatic carbocycles. The predicted molar refractivity (Wildman–Crippen MR) is 154 cm³/mol. The number of carbonyl (C=O) groups excluding carboxylic acids is 2. The molecule has 1 fully saturated rings. The number of thioether (sulfide) groups is 1. The fourth-order valence-electron chi connectivity index (χ4n) is 5.05. The van der Waals surface area contributed by atoms with E-state index < -0.39 is 17.1 Å². The average molecular weight is 628 g/mol. The van der Waals surface area contributed by atoms with Crippen molar-refractivity contribution in [1.29, 1.82) is 0 Å². The molecule has 6 nitrogen and oxygen atoms in total. The molecule has 6 rings (SSSR count). The summed E-state index contributed by atoms with van der Waals surface area (Å²) in [5.41, 5.74) is 3.37. The van der Waals surface area contributed by atoms with E-state index in [1.54, 1.807) is 24.3 Å². The van der Waals surface area contributed by atoms with Crippen LogP contribution in [-0.2, 0) is 16.2 Å². The van der Waals surface area contributed by atoms with Gasteiger partial charge in [0.15, 0.2) is 0 Å². The molecule has 4 aromatic rings. The highest BCUT2D eigenvalue weighted by atomic mass is 79.9. The molecule has 0 spiro atoms. The topological polar surface area (TPSA) is 79.5 Å². The fourth-order valence-corrected chi connectivity index (χ4v) is 8.06. The number of amides is 2. The summed E-state index contributed by atoms with van der Waals surface area (Å²) in [6, 6.07) is 20.4. The summed E-state index contributed by atoms with van der Waals surface area (Å²) in [7, 11) is 0. The third-order valence-electron chi connectivity index (χ3n) is 6.69. The number of aromatic nitrogens is 1. The van der Waals surface area contributed by atoms with E-state index >= 15 is 0 Å². The van der Waals surface area contributed by atoms with E-state index in [-0.39, 0.29) is 16.7 Å². The maximum absolute atomic E-state index is 14.0. The quantitative estimate of drug-likeness (QED) is 0.255. The predicted octanol–water partition coefficient (Wildman–Crippen LogP) is 6.54. The van der Waals surface area contributed by atoms with Crippen LogP contribution in [0.1, 0.15) is 27.5 Å². The molecule has 0 radical (unpaired) electrons. The SMILES string of the molecule is Cc1cccc(COc2ccc(Br)cc2[C@H]2c3sc(=O)[nH]c3SC3C(=O)N(c4ccc(Cl)cc4)C(=O)C32)c1. The second kappa shape index (κ2) is 10.0. The van der Waals surface area contributed by atoms with E-state index in [2.05, 4.69) is 27.0 Å². The van der Waals surface area contributed by atoms with Crippen LogP contribution in [0.5, 0.6) is 5.75 Å². The second-order valence-corrected chi connectivity index (χ2v) is 12.7. The highest BCUT2D eigenvalue weighted by Crippen LogP contribution is 2.54. The molecule has 1 N–H and O–H groups in total. The highest BCUT2D eigenvalue weighted by molar-refractivity contribution is 9.10. The number of aryl methyl sites for hydroxylation is 1. The Bertz CT molecular complexity index is 1630. The first-order chi connectivity index (χ1) is 18.3. The zero-order chi connectivity index (χ0) is 26.6. The molecule has 0 bridgehead atoms. The number of ether oxygens (including phenoxy) is 1. The average Bonchev–Trinajstić information content (AvgIpc) is 3.38. The maximum Gasteiger partial charge on any atom is 0.305 e. The Morgan fingerprint density at radius 3 is 2.58 bits per heavy atom. The third-order valence-corrected chi connectivity index (χ3v) is 9.84. The first kappa shape index (κ1) is 25.4. The Kier molecular flexibility index (Phi) is 6.72. The largest absolute Gasteiger partial charge is 0.489 e. The van der Waals surface area contributed by atoms with Crippen LogP contribution < -0.4 is 14.5 Å². The number of carbonyl (C=O) groups is 2. The zero-order valence-electron chi connectivity index (χ0n) is 19.9. The Hall–Kier alpha value is -2.85. The van der Waals surface area contributed by atoms with Gasteiger partial charge in [0.2, 0.25) is 11.8 Å². The van der Waals surface area contributed by atoms with Crippen LogP contribution in [0.3, 0.4) is 0 Å². The second-order valence-electron chi connectivity index (χ2n) is 9.20. The van der Waals surface area contributed by atoms with Crippen molar-refractivity contribution in [2.45, 2.75) is 29.7 Å². The zero-order valence-corrected chi connectivity index (χ0v) is 23.9. The number of benzene rings is 3. The molecule has 2 aliphatic rings. The van der Waals surface area contributed by atoms with Crippen molar-refractivity contribution >= 4 is 68.1 Å². The van der Waals surface area contributed by atoms with Crippen molar-refractivity contribution in [1.82, 2.24) is 4.98 Å². The normalized spacial score (nSPS) is 20.4. The van der Waals surface area contributed by atoms with Crippen molar-refractivity contribution in [2.75, 3.05) is 4.90 Å². The summed E-state index contributed by atoms with van der Waals surface area (Å²) < 4.78 is 7.11. The molecule has 1 aromatic heterocycles. The number of aromatic amines is 1. The van der Waals surface area contributed by atoms with Crippen molar-refractivity contribution < 1.29 is 14.3 Å². The number of H-pyrrole nitrogens is 1. The lowest BCUT2D eigenvalue weighted by Gasteiger charge is -2.31. The molecule has 10 heteroatoms. The van der Waals surface area contributed by atoms with Crippen molar-refractivity contribution in [3.63, 3.8) is 0 Å². The lowest BCUT2D eigenvalue weighted by molar-refractivity contribution is -0.122. The van der Waals surface area contributed by atoms with E-state index in [4.69, 9.17) is 16.3 Å². The van der Waals surface area contributed by atoms with Gasteiger partial charge in [-0.15, -0.1) is 0 Å². The van der Waals surface area contributed by atoms with E-state index in [9.17, 15) is 14.4 Å². The molecule has 2 amide bonds. The molecule has 1 saturated heterocycles. The van der Waals surface area contributed by atoms with Crippen LogP contribution in [0, 0.1) is 12.8 Å². The number of hydrogen-bond donors (Lipinski definition) is 1. The van der Waals surface area contributed by atoms with E-state index in [1.165, 1.54) is 16.7 Å². The van der Waals surface area contributed by atoms with Crippen molar-refractivity contribution in [3.8, 4) is 5.75 Å². The Morgan fingerprint density at radius 1 is 1.03 bits per heavy atom. The van der Waals surface area contributed by atoms with Gasteiger partial charge in [0, 0.05) is 25.9 Å². The summed E-state index contributed by atoms with van der Waals surface area (Å²) in [4.78, 5) is 44.7. The van der Waals surface area contributed by atoms with Gasteiger partial charge in [0.25, 0.3) is 0 Å². The molecule has 3 heterocycles. The van der Waals surface area contributed by atoms with Gasteiger partial charge in [-0.2, -0.15) is 0 Å². The molecule has 3 aromatic carbocycles. The highest BCUT2D eigenvalue weighted by Gasteiger charge is 2.56. The summed E-state index contributed by atoms with van der Waals surface area (Å²) in [5, 5.41) is 0.446. The van der Waals surface area contributed by atoms with Crippen LogP contribution in [0.2, 0.25) is 5.02 Å². The molecule has 0 saturated carbocycles. The van der Waals surface area contributed by atoms with Gasteiger partial charge in [0.1, 0.15) is 17.6 Å². The number of nitrogens with zero attached hydrogens (tertiary/aromatic N) is 1. The fraction of sp³-hybridized carbons (Fsp3) is 0.179. The Labute approximate surface area is 240 Å². The first-order valence-corrected chi connectivity index (χ1v) is 14.7. The number of anilines is 1. The number of thiazole rings is 1. The van der Waals surface area contributed by atoms with E-state index in [0.29, 0.717) is 28.1 Å². The number of hydrogen-bond acceptors (Lipinski definition) is 6. The van der Waals surface area contributed by atoms with Gasteiger partial charge in [-0.1, -0.05) is 80.5 Å². The van der Waals surface area contributed by atoms with Gasteiger partial charge in [0.05, 0.1) is 16.6 Å². The van der Waals surface area contributed by atoms with Crippen LogP contribution in [0.4, 0.5) is 5.69 Å². The Balaban J connectivity index is 1.45. The lowest BCUT2D eigenvalue weighted by atomic mass is 9.82. The minimum atomic E-state index is -0.710. The van der Waals surface area contributed by atoms with Crippen LogP contribution in [-0.4, -0.2) is 22.0 Å². The molecule has 38 heavy (non-hydrogen) atoms. The molecular weight excluding hydrogens is 608 g/mol. The van der Waals surface area contributed by atoms with Gasteiger partial charge >= 0.3 is 4.87 Å². The van der Waals surface area contributed by atoms with Crippen molar-refractivity contribution in [2.24, 2.45) is 5.92 Å². The van der Waals surface area contributed by atoms with Gasteiger partial charge < -0.3 is 9.72 Å². The Morgan fingerprint density at radius 2 is 1.82 bits per heavy atom. The van der Waals surface area contributed by atoms with E-state index in [1.807, 2.05) is 43.3 Å². The smallest absolute Gasteiger partial charge is 0.305 e. The molecule has 192 valence electrons. The number of nitrogens with one attached hydrogen (secondary N) is 1. The molecule has 2 aliphatic heterocycles. The molecule has 2 unspecified atom stereocenters. The number of rotatable bonds is 5. The van der Waals surface area contributed by atoms with Gasteiger partial charge in [-0.05, 0) is 55.0 Å². The minimum Gasteiger partial charge on any atom is -0.489 e. The summed E-state index contributed by atoms with van der Waals surface area (Å²) in [6.45, 7) is 2.37. The standard InChI is InChI=1S/C28H20BrClN2O4S2/c1-14-3-2-4-15(11-14)13-36-20-10-5-16(29)12-19(20)21-22-24(37-25-23(21)38-28(35)31-25)27(34)32(26(22)33)18-8-6-17(30)7-9-18/h2-12,21-22,24H,13H2,1H3,(H,31,35)/t21-,22?,24?/m1/s1. The number of imide groups is 1. The van der Waals surface area contributed by atoms with Crippen LogP contribution in [0.15, 0.2) is 81.0 Å². The minimum absolute atomic E-state index is 0.223. The summed E-state index contributed by atoms with van der Waals surface area (Å²) >= 11 is 11.9. The van der Waals surface area contributed by atoms with Crippen molar-refractivity contribution in [3.05, 3.63) is 107 Å². The third kappa shape index (κ3) is 4.51. The molecule has 3 atom stereocenters. The van der Waals surface area contributed by atoms with Crippen LogP contribution >= 0.6 is 50.6 Å². The van der Waals surface area contributed by atoms with Gasteiger partial charge in [-0.3, -0.25) is 14.4 Å². The maximum atomic E-state index is 14.0. The first-order valence-electron chi connectivity index (χ1n) is 11.8. The lowest BCUT2D eigenvalue weighted by Crippen LogP contribution is -2.32. The monoisotopic (exact) mass is 626 g/mol. The van der Waals surface area contributed by atoms with Crippen LogP contribution in [0.25, 0.3) is 0 Å². The summed E-state index contributed by atoms with van der Waals surface area (Å²) in [6.07, 6.45) is 0.